The Morgan fingerprint density at radius 1 is 1.06 bits per heavy atom. The number of nitrogens with one attached hydrogen (secondary N) is 1. The second kappa shape index (κ2) is 9.58. The van der Waals surface area contributed by atoms with Crippen LogP contribution in [0.2, 0.25) is 5.02 Å². The number of aryl methyl sites for hydroxylation is 1. The summed E-state index contributed by atoms with van der Waals surface area (Å²) in [7, 11) is 3.80. The molecule has 0 spiro atoms. The molecule has 0 fully saturated rings. The quantitative estimate of drug-likeness (QED) is 0.314. The van der Waals surface area contributed by atoms with Gasteiger partial charge < -0.3 is 14.5 Å². The first-order chi connectivity index (χ1) is 15.4. The average molecular weight is 468 g/mol. The fourth-order valence-electron chi connectivity index (χ4n) is 3.45. The first-order valence-corrected chi connectivity index (χ1v) is 11.4. The first kappa shape index (κ1) is 22.1. The molecule has 0 aliphatic heterocycles. The average Bonchev–Trinajstić information content (AvgIpc) is 3.32. The van der Waals surface area contributed by atoms with Crippen molar-refractivity contribution in [3.8, 4) is 0 Å². The van der Waals surface area contributed by atoms with E-state index in [2.05, 4.69) is 15.5 Å². The van der Waals surface area contributed by atoms with Crippen molar-refractivity contribution in [2.24, 2.45) is 14.1 Å². The zero-order valence-corrected chi connectivity index (χ0v) is 19.3. The van der Waals surface area contributed by atoms with Crippen LogP contribution in [0.1, 0.15) is 26.5 Å². The summed E-state index contributed by atoms with van der Waals surface area (Å²) in [6.45, 7) is 0.424. The molecular weight excluding hydrogens is 446 g/mol. The number of ketones is 1. The predicted octanol–water partition coefficient (Wildman–Crippen LogP) is 3.91. The van der Waals surface area contributed by atoms with E-state index in [1.165, 1.54) is 11.8 Å². The lowest BCUT2D eigenvalue weighted by atomic mass is 10.1. The summed E-state index contributed by atoms with van der Waals surface area (Å²) >= 11 is 7.21. The van der Waals surface area contributed by atoms with E-state index in [0.717, 1.165) is 16.7 Å². The molecule has 0 radical (unpaired) electrons. The Morgan fingerprint density at radius 2 is 1.81 bits per heavy atom. The van der Waals surface area contributed by atoms with Crippen LogP contribution < -0.4 is 5.32 Å². The normalized spacial score (nSPS) is 11.1. The number of amides is 1. The number of fused-ring (bicyclic) bond motifs is 1. The van der Waals surface area contributed by atoms with Crippen LogP contribution in [0.25, 0.3) is 10.9 Å². The Kier molecular flexibility index (Phi) is 6.62. The summed E-state index contributed by atoms with van der Waals surface area (Å²) in [6.07, 6.45) is 2.40. The molecule has 4 aromatic rings. The molecule has 0 saturated heterocycles. The molecular formula is C23H22ClN5O2S. The van der Waals surface area contributed by atoms with Gasteiger partial charge in [0.15, 0.2) is 10.9 Å². The number of benzene rings is 2. The number of hydrogen-bond acceptors (Lipinski definition) is 5. The molecule has 164 valence electrons. The largest absolute Gasteiger partial charge is 0.352 e. The SMILES string of the molecule is Cn1c(CCNC(=O)c2ccc(Cl)cc2)nnc1SCC(=O)c1cn(C)c2ccccc12. The van der Waals surface area contributed by atoms with E-state index in [4.69, 9.17) is 11.6 Å². The number of carbonyl (C=O) groups is 2. The Hall–Kier alpha value is -3.10. The maximum absolute atomic E-state index is 12.8. The van der Waals surface area contributed by atoms with Gasteiger partial charge in [-0.25, -0.2) is 0 Å². The highest BCUT2D eigenvalue weighted by atomic mass is 35.5. The molecule has 0 atom stereocenters. The summed E-state index contributed by atoms with van der Waals surface area (Å²) < 4.78 is 3.82. The standard InChI is InChI=1S/C23H22ClN5O2S/c1-28-13-18(17-5-3-4-6-19(17)28)20(30)14-32-23-27-26-21(29(23)2)11-12-25-22(31)15-7-9-16(24)10-8-15/h3-10,13H,11-12,14H2,1-2H3,(H,25,31). The highest BCUT2D eigenvalue weighted by Crippen LogP contribution is 2.24. The monoisotopic (exact) mass is 467 g/mol. The molecule has 0 saturated carbocycles. The molecule has 0 aliphatic carbocycles. The van der Waals surface area contributed by atoms with Gasteiger partial charge in [-0.2, -0.15) is 0 Å². The smallest absolute Gasteiger partial charge is 0.251 e. The van der Waals surface area contributed by atoms with Gasteiger partial charge in [0.05, 0.1) is 5.75 Å². The van der Waals surface area contributed by atoms with Gasteiger partial charge in [0.2, 0.25) is 0 Å². The lowest BCUT2D eigenvalue weighted by Gasteiger charge is -2.06. The molecule has 32 heavy (non-hydrogen) atoms. The van der Waals surface area contributed by atoms with Gasteiger partial charge in [-0.1, -0.05) is 41.6 Å². The van der Waals surface area contributed by atoms with Crippen LogP contribution in [-0.2, 0) is 20.5 Å². The van der Waals surface area contributed by atoms with E-state index in [0.29, 0.717) is 34.3 Å². The van der Waals surface area contributed by atoms with E-state index in [1.807, 2.05) is 53.7 Å². The van der Waals surface area contributed by atoms with Gasteiger partial charge >= 0.3 is 0 Å². The van der Waals surface area contributed by atoms with Crippen LogP contribution in [0.5, 0.6) is 0 Å². The molecule has 4 rings (SSSR count). The Labute approximate surface area is 194 Å². The summed E-state index contributed by atoms with van der Waals surface area (Å²) in [5, 5.41) is 13.5. The molecule has 9 heteroatoms. The fraction of sp³-hybridized carbons (Fsp3) is 0.217. The summed E-state index contributed by atoms with van der Waals surface area (Å²) in [5.41, 5.74) is 2.29. The molecule has 1 amide bonds. The van der Waals surface area contributed by atoms with Gasteiger partial charge in [0, 0.05) is 60.3 Å². The molecule has 0 unspecified atom stereocenters. The zero-order valence-electron chi connectivity index (χ0n) is 17.7. The highest BCUT2D eigenvalue weighted by molar-refractivity contribution is 7.99. The van der Waals surface area contributed by atoms with E-state index in [-0.39, 0.29) is 17.4 Å². The second-order valence-corrected chi connectivity index (χ2v) is 8.73. The van der Waals surface area contributed by atoms with E-state index in [9.17, 15) is 9.59 Å². The van der Waals surface area contributed by atoms with Crippen molar-refractivity contribution in [2.75, 3.05) is 12.3 Å². The van der Waals surface area contributed by atoms with Crippen LogP contribution in [-0.4, -0.2) is 43.3 Å². The molecule has 2 heterocycles. The third-order valence-electron chi connectivity index (χ3n) is 5.20. The van der Waals surface area contributed by atoms with Crippen molar-refractivity contribution in [3.63, 3.8) is 0 Å². The minimum atomic E-state index is -0.167. The Balaban J connectivity index is 1.33. The number of halogens is 1. The van der Waals surface area contributed by atoms with Crippen LogP contribution in [0, 0.1) is 0 Å². The van der Waals surface area contributed by atoms with Crippen LogP contribution in [0.3, 0.4) is 0 Å². The number of hydrogen-bond donors (Lipinski definition) is 1. The van der Waals surface area contributed by atoms with Gasteiger partial charge in [0.1, 0.15) is 5.82 Å². The summed E-state index contributed by atoms with van der Waals surface area (Å²) in [4.78, 5) is 25.0. The lowest BCUT2D eigenvalue weighted by molar-refractivity contribution is 0.0953. The Bertz CT molecular complexity index is 1280. The number of thioether (sulfide) groups is 1. The number of aromatic nitrogens is 4. The number of rotatable bonds is 8. The van der Waals surface area contributed by atoms with Crippen molar-refractivity contribution in [2.45, 2.75) is 11.6 Å². The molecule has 1 N–H and O–H groups in total. The Morgan fingerprint density at radius 3 is 2.59 bits per heavy atom. The topological polar surface area (TPSA) is 81.8 Å². The van der Waals surface area contributed by atoms with Crippen molar-refractivity contribution >= 4 is 46.0 Å². The lowest BCUT2D eigenvalue weighted by Crippen LogP contribution is -2.26. The van der Waals surface area contributed by atoms with E-state index < -0.39 is 0 Å². The van der Waals surface area contributed by atoms with E-state index >= 15 is 0 Å². The number of carbonyl (C=O) groups excluding carboxylic acids is 2. The van der Waals surface area contributed by atoms with Crippen molar-refractivity contribution < 1.29 is 9.59 Å². The molecule has 2 aromatic heterocycles. The third kappa shape index (κ3) is 4.71. The van der Waals surface area contributed by atoms with Crippen LogP contribution >= 0.6 is 23.4 Å². The van der Waals surface area contributed by atoms with Gasteiger partial charge in [-0.05, 0) is 30.3 Å². The number of nitrogens with zero attached hydrogens (tertiary/aromatic N) is 4. The fourth-order valence-corrected chi connectivity index (χ4v) is 4.39. The third-order valence-corrected chi connectivity index (χ3v) is 6.47. The number of Topliss-reactive ketones (excluding diaryl/α,β-unsaturated/α-hetero) is 1. The van der Waals surface area contributed by atoms with Crippen LogP contribution in [0.15, 0.2) is 59.9 Å². The minimum Gasteiger partial charge on any atom is -0.352 e. The zero-order chi connectivity index (χ0) is 22.7. The summed E-state index contributed by atoms with van der Waals surface area (Å²) in [5.74, 6) is 0.889. The van der Waals surface area contributed by atoms with Crippen LogP contribution in [0.4, 0.5) is 0 Å². The minimum absolute atomic E-state index is 0.0478. The molecule has 7 nitrogen and oxygen atoms in total. The van der Waals surface area contributed by atoms with E-state index in [1.54, 1.807) is 24.3 Å². The summed E-state index contributed by atoms with van der Waals surface area (Å²) in [6, 6.07) is 14.6. The maximum atomic E-state index is 12.8. The van der Waals surface area contributed by atoms with Gasteiger partial charge in [0.25, 0.3) is 5.91 Å². The first-order valence-electron chi connectivity index (χ1n) is 10.1. The predicted molar refractivity (Wildman–Crippen MR) is 126 cm³/mol. The highest BCUT2D eigenvalue weighted by Gasteiger charge is 2.16. The molecule has 0 bridgehead atoms. The van der Waals surface area contributed by atoms with Crippen molar-refractivity contribution in [1.82, 2.24) is 24.6 Å². The number of para-hydroxylation sites is 1. The second-order valence-electron chi connectivity index (χ2n) is 7.35. The maximum Gasteiger partial charge on any atom is 0.251 e. The van der Waals surface area contributed by atoms with Gasteiger partial charge in [-0.3, -0.25) is 9.59 Å². The van der Waals surface area contributed by atoms with Crippen molar-refractivity contribution in [3.05, 3.63) is 76.7 Å². The molecule has 2 aromatic carbocycles. The van der Waals surface area contributed by atoms with Gasteiger partial charge in [-0.15, -0.1) is 10.2 Å². The van der Waals surface area contributed by atoms with Crippen molar-refractivity contribution in [1.29, 1.82) is 0 Å². The molecule has 0 aliphatic rings.